The van der Waals surface area contributed by atoms with Gasteiger partial charge in [0.2, 0.25) is 0 Å². The number of imidazole rings is 1. The van der Waals surface area contributed by atoms with E-state index in [1.807, 2.05) is 18.2 Å². The van der Waals surface area contributed by atoms with Gasteiger partial charge in [-0.05, 0) is 31.2 Å². The van der Waals surface area contributed by atoms with Gasteiger partial charge in [-0.1, -0.05) is 0 Å². The average molecular weight is 435 g/mol. The fraction of sp³-hybridized carbons (Fsp3) is 0.348. The van der Waals surface area contributed by atoms with Crippen LogP contribution < -0.4 is 15.0 Å². The van der Waals surface area contributed by atoms with Gasteiger partial charge in [0.05, 0.1) is 42.4 Å². The molecule has 0 radical (unpaired) electrons. The number of H-pyrrole nitrogens is 2. The van der Waals surface area contributed by atoms with Crippen molar-refractivity contribution < 1.29 is 14.2 Å². The third kappa shape index (κ3) is 4.04. The number of rotatable bonds is 6. The van der Waals surface area contributed by atoms with E-state index < -0.39 is 0 Å². The molecule has 4 aromatic rings. The minimum Gasteiger partial charge on any atom is -0.497 e. The van der Waals surface area contributed by atoms with Crippen LogP contribution in [-0.2, 0) is 4.74 Å². The molecule has 1 saturated heterocycles. The Balaban J connectivity index is 1.39. The third-order valence-electron chi connectivity index (χ3n) is 5.74. The minimum absolute atomic E-state index is 0.227. The van der Waals surface area contributed by atoms with Crippen molar-refractivity contribution >= 4 is 22.1 Å². The van der Waals surface area contributed by atoms with Crippen LogP contribution in [0, 0.1) is 0 Å². The van der Waals surface area contributed by atoms with Crippen LogP contribution in [0.2, 0.25) is 0 Å². The highest BCUT2D eigenvalue weighted by molar-refractivity contribution is 5.82. The molecule has 0 bridgehead atoms. The van der Waals surface area contributed by atoms with E-state index in [1.54, 1.807) is 25.3 Å². The molecule has 5 rings (SSSR count). The molecule has 0 spiro atoms. The molecular weight excluding hydrogens is 410 g/mol. The maximum Gasteiger partial charge on any atom is 0.278 e. The fourth-order valence-electron chi connectivity index (χ4n) is 3.88. The summed E-state index contributed by atoms with van der Waals surface area (Å²) in [5.74, 6) is 1.82. The first kappa shape index (κ1) is 20.5. The second-order valence-electron chi connectivity index (χ2n) is 7.87. The Morgan fingerprint density at radius 1 is 1.03 bits per heavy atom. The van der Waals surface area contributed by atoms with Crippen LogP contribution in [0.15, 0.2) is 41.2 Å². The Kier molecular flexibility index (Phi) is 5.50. The molecule has 166 valence electrons. The summed E-state index contributed by atoms with van der Waals surface area (Å²) < 4.78 is 16.7. The highest BCUT2D eigenvalue weighted by Gasteiger charge is 2.18. The predicted octanol–water partition coefficient (Wildman–Crippen LogP) is 2.57. The summed E-state index contributed by atoms with van der Waals surface area (Å²) in [4.78, 5) is 30.1. The summed E-state index contributed by atoms with van der Waals surface area (Å²) in [6, 6.07) is 11.3. The number of aromatic amines is 2. The number of nitrogens with zero attached hydrogens (tertiary/aromatic N) is 3. The molecule has 0 amide bonds. The summed E-state index contributed by atoms with van der Waals surface area (Å²) in [6.45, 7) is 6.12. The molecule has 32 heavy (non-hydrogen) atoms. The topological polar surface area (TPSA) is 105 Å². The molecular formula is C23H25N5O4. The summed E-state index contributed by atoms with van der Waals surface area (Å²) in [5.41, 5.74) is 2.70. The highest BCUT2D eigenvalue weighted by Crippen LogP contribution is 2.24. The number of benzene rings is 2. The van der Waals surface area contributed by atoms with Gasteiger partial charge in [-0.2, -0.15) is 0 Å². The van der Waals surface area contributed by atoms with Crippen LogP contribution in [0.4, 0.5) is 0 Å². The van der Waals surface area contributed by atoms with E-state index in [2.05, 4.69) is 31.8 Å². The van der Waals surface area contributed by atoms with Gasteiger partial charge in [-0.15, -0.1) is 0 Å². The lowest BCUT2D eigenvalue weighted by Gasteiger charge is -2.32. The number of fused-ring (bicyclic) bond motifs is 2. The van der Waals surface area contributed by atoms with Gasteiger partial charge in [-0.3, -0.25) is 9.69 Å². The smallest absolute Gasteiger partial charge is 0.278 e. The fourth-order valence-corrected chi connectivity index (χ4v) is 3.88. The van der Waals surface area contributed by atoms with Crippen molar-refractivity contribution in [1.29, 1.82) is 0 Å². The standard InChI is InChI=1S/C23H25N5O4/c1-14(28-7-9-31-10-8-28)13-32-16-4-6-17-20(12-16)26-22(25-17)21-23(29)27-18-5-3-15(30-2)11-19(18)24-21/h3-6,11-12,14H,7-10,13H2,1-2H3,(H,25,26)(H,27,29). The molecule has 0 saturated carbocycles. The highest BCUT2D eigenvalue weighted by atomic mass is 16.5. The Hall–Kier alpha value is -3.43. The molecule has 1 aliphatic rings. The summed E-state index contributed by atoms with van der Waals surface area (Å²) in [5, 5.41) is 0. The molecule has 3 heterocycles. The summed E-state index contributed by atoms with van der Waals surface area (Å²) >= 11 is 0. The third-order valence-corrected chi connectivity index (χ3v) is 5.74. The quantitative estimate of drug-likeness (QED) is 0.480. The van der Waals surface area contributed by atoms with Gasteiger partial charge in [-0.25, -0.2) is 9.97 Å². The number of aromatic nitrogens is 4. The zero-order valence-electron chi connectivity index (χ0n) is 18.1. The molecule has 1 aliphatic heterocycles. The molecule has 1 fully saturated rings. The molecule has 9 heteroatoms. The van der Waals surface area contributed by atoms with Gasteiger partial charge < -0.3 is 24.2 Å². The van der Waals surface area contributed by atoms with Crippen LogP contribution in [0.3, 0.4) is 0 Å². The van der Waals surface area contributed by atoms with Crippen molar-refractivity contribution in [1.82, 2.24) is 24.8 Å². The molecule has 0 aliphatic carbocycles. The maximum absolute atomic E-state index is 12.6. The van der Waals surface area contributed by atoms with Gasteiger partial charge in [0.15, 0.2) is 11.5 Å². The SMILES string of the molecule is COc1ccc2[nH]c(=O)c(-c3nc4ccc(OCC(C)N5CCOCC5)cc4[nH]3)nc2c1. The summed E-state index contributed by atoms with van der Waals surface area (Å²) in [6.07, 6.45) is 0. The van der Waals surface area contributed by atoms with Crippen molar-refractivity contribution in [2.45, 2.75) is 13.0 Å². The van der Waals surface area contributed by atoms with Crippen molar-refractivity contribution in [2.24, 2.45) is 0 Å². The zero-order chi connectivity index (χ0) is 22.1. The number of methoxy groups -OCH3 is 1. The average Bonchev–Trinajstić information content (AvgIpc) is 3.25. The molecule has 1 atom stereocenters. The predicted molar refractivity (Wildman–Crippen MR) is 121 cm³/mol. The molecule has 2 aromatic carbocycles. The first-order valence-electron chi connectivity index (χ1n) is 10.6. The number of ether oxygens (including phenoxy) is 3. The Bertz CT molecular complexity index is 1310. The van der Waals surface area contributed by atoms with E-state index in [0.29, 0.717) is 35.3 Å². The van der Waals surface area contributed by atoms with Gasteiger partial charge >= 0.3 is 0 Å². The number of hydrogen-bond donors (Lipinski definition) is 2. The van der Waals surface area contributed by atoms with Gasteiger partial charge in [0.1, 0.15) is 18.1 Å². The maximum atomic E-state index is 12.6. The lowest BCUT2D eigenvalue weighted by Crippen LogP contribution is -2.44. The van der Waals surface area contributed by atoms with Crippen LogP contribution in [0.5, 0.6) is 11.5 Å². The summed E-state index contributed by atoms with van der Waals surface area (Å²) in [7, 11) is 1.59. The Morgan fingerprint density at radius 2 is 1.84 bits per heavy atom. The van der Waals surface area contributed by atoms with Gasteiger partial charge in [0, 0.05) is 31.3 Å². The van der Waals surface area contributed by atoms with E-state index in [0.717, 1.165) is 43.1 Å². The normalized spacial score (nSPS) is 15.8. The van der Waals surface area contributed by atoms with Crippen molar-refractivity contribution in [3.8, 4) is 23.0 Å². The number of morpholine rings is 1. The van der Waals surface area contributed by atoms with E-state index in [1.165, 1.54) is 0 Å². The molecule has 2 N–H and O–H groups in total. The monoisotopic (exact) mass is 435 g/mol. The largest absolute Gasteiger partial charge is 0.497 e. The molecule has 1 unspecified atom stereocenters. The first-order valence-corrected chi connectivity index (χ1v) is 10.6. The van der Waals surface area contributed by atoms with E-state index in [4.69, 9.17) is 14.2 Å². The zero-order valence-corrected chi connectivity index (χ0v) is 18.1. The van der Waals surface area contributed by atoms with Crippen molar-refractivity contribution in [2.75, 3.05) is 40.0 Å². The lowest BCUT2D eigenvalue weighted by molar-refractivity contribution is 0.0105. The van der Waals surface area contributed by atoms with E-state index >= 15 is 0 Å². The van der Waals surface area contributed by atoms with Crippen LogP contribution in [-0.4, -0.2) is 70.9 Å². The molecule has 2 aromatic heterocycles. The Labute approximate surface area is 184 Å². The van der Waals surface area contributed by atoms with Crippen molar-refractivity contribution in [3.05, 3.63) is 46.8 Å². The minimum atomic E-state index is -0.308. The number of nitrogens with one attached hydrogen (secondary N) is 2. The molecule has 9 nitrogen and oxygen atoms in total. The van der Waals surface area contributed by atoms with Crippen LogP contribution in [0.25, 0.3) is 33.6 Å². The van der Waals surface area contributed by atoms with Gasteiger partial charge in [0.25, 0.3) is 5.56 Å². The second-order valence-corrected chi connectivity index (χ2v) is 7.87. The van der Waals surface area contributed by atoms with E-state index in [9.17, 15) is 4.79 Å². The van der Waals surface area contributed by atoms with E-state index in [-0.39, 0.29) is 11.3 Å². The van der Waals surface area contributed by atoms with Crippen LogP contribution >= 0.6 is 0 Å². The van der Waals surface area contributed by atoms with Crippen LogP contribution in [0.1, 0.15) is 6.92 Å². The number of hydrogen-bond acceptors (Lipinski definition) is 7. The second kappa shape index (κ2) is 8.60. The Morgan fingerprint density at radius 3 is 2.66 bits per heavy atom. The lowest BCUT2D eigenvalue weighted by atomic mass is 10.2. The first-order chi connectivity index (χ1) is 15.6. The van der Waals surface area contributed by atoms with Crippen molar-refractivity contribution in [3.63, 3.8) is 0 Å².